The Morgan fingerprint density at radius 1 is 0.800 bits per heavy atom. The third-order valence-corrected chi connectivity index (χ3v) is 1.75. The number of hydrogen-bond acceptors (Lipinski definition) is 10. The minimum Gasteiger partial charge on any atom is -0.550 e. The van der Waals surface area contributed by atoms with Crippen LogP contribution < -0.4 is 26.2 Å². The van der Waals surface area contributed by atoms with Crippen molar-refractivity contribution in [3.8, 4) is 0 Å². The van der Waals surface area contributed by atoms with Crippen LogP contribution in [0, 0.1) is 0 Å². The molecule has 20 heavy (non-hydrogen) atoms. The molecular weight excluding hydrogens is 278 g/mol. The molecule has 0 spiro atoms. The van der Waals surface area contributed by atoms with Gasteiger partial charge in [0.1, 0.15) is 5.97 Å². The molecule has 10 nitrogen and oxygen atoms in total. The fourth-order valence-corrected chi connectivity index (χ4v) is 0.709. The molecule has 0 saturated carbocycles. The maximum Gasteiger partial charge on any atom is 0.178 e. The van der Waals surface area contributed by atoms with Gasteiger partial charge in [0.2, 0.25) is 0 Å². The van der Waals surface area contributed by atoms with E-state index in [9.17, 15) is 44.4 Å². The summed E-state index contributed by atoms with van der Waals surface area (Å²) in [5, 5.41) is 38.9. The standard InChI is InChI=1S/C5H9NO4.C5H6O5/c2*6-3(5(9)10)1-2-4(7)8/h3H,1-2,6H2,(H,7,8)(H,9,10);1-2H2,(H,7,8)(H,9,10)/p-4. The first-order chi connectivity index (χ1) is 9.07. The van der Waals surface area contributed by atoms with Gasteiger partial charge in [0.05, 0.1) is 5.97 Å². The van der Waals surface area contributed by atoms with Crippen LogP contribution in [0.3, 0.4) is 0 Å². The topological polar surface area (TPSA) is 204 Å². The number of carboxylic acids is 4. The molecule has 10 heteroatoms. The Balaban J connectivity index is 0. The lowest BCUT2D eigenvalue weighted by molar-refractivity contribution is -0.310. The molecule has 0 fully saturated rings. The summed E-state index contributed by atoms with van der Waals surface area (Å²) in [6.45, 7) is 0. The highest BCUT2D eigenvalue weighted by atomic mass is 16.4. The van der Waals surface area contributed by atoms with E-state index in [-0.39, 0.29) is 12.8 Å². The zero-order chi connectivity index (χ0) is 16.3. The van der Waals surface area contributed by atoms with Gasteiger partial charge in [-0.1, -0.05) is 0 Å². The number of carbonyl (C=O) groups is 5. The molecule has 0 bridgehead atoms. The molecule has 0 aromatic carbocycles. The molecule has 114 valence electrons. The van der Waals surface area contributed by atoms with E-state index in [0.29, 0.717) is 0 Å². The highest BCUT2D eigenvalue weighted by Crippen LogP contribution is 1.90. The summed E-state index contributed by atoms with van der Waals surface area (Å²) in [6, 6.07) is -1.21. The Bertz CT molecular complexity index is 390. The van der Waals surface area contributed by atoms with Crippen molar-refractivity contribution in [1.82, 2.24) is 0 Å². The van der Waals surface area contributed by atoms with Crippen molar-refractivity contribution in [1.29, 1.82) is 0 Å². The van der Waals surface area contributed by atoms with Gasteiger partial charge in [0, 0.05) is 24.4 Å². The number of carboxylic acid groups (broad SMARTS) is 4. The van der Waals surface area contributed by atoms with Crippen molar-refractivity contribution in [2.75, 3.05) is 0 Å². The fraction of sp³-hybridized carbons (Fsp3) is 0.500. The molecule has 0 rings (SSSR count). The average Bonchev–Trinajstić information content (AvgIpc) is 2.33. The molecule has 0 aliphatic heterocycles. The third kappa shape index (κ3) is 13.6. The molecule has 0 aliphatic carbocycles. The molecule has 0 aliphatic rings. The Hall–Kier alpha value is -2.49. The monoisotopic (exact) mass is 289 g/mol. The van der Waals surface area contributed by atoms with Gasteiger partial charge in [-0.05, 0) is 19.3 Å². The summed E-state index contributed by atoms with van der Waals surface area (Å²) in [4.78, 5) is 49.0. The van der Waals surface area contributed by atoms with Crippen molar-refractivity contribution >= 4 is 29.7 Å². The molecular formula is C10H11NO9-4. The first-order valence-electron chi connectivity index (χ1n) is 5.18. The van der Waals surface area contributed by atoms with Crippen molar-refractivity contribution in [2.45, 2.75) is 31.7 Å². The van der Waals surface area contributed by atoms with Gasteiger partial charge in [-0.25, -0.2) is 0 Å². The first-order valence-corrected chi connectivity index (χ1v) is 5.18. The molecule has 0 aromatic rings. The van der Waals surface area contributed by atoms with Crippen LogP contribution in [0.4, 0.5) is 0 Å². The SMILES string of the molecule is NC(CCC(=O)[O-])C(=O)[O-].O=C([O-])CCC(=O)C(=O)[O-]. The number of hydrogen-bond donors (Lipinski definition) is 1. The first kappa shape index (κ1) is 19.8. The Kier molecular flexibility index (Phi) is 10.4. The summed E-state index contributed by atoms with van der Waals surface area (Å²) >= 11 is 0. The number of carbonyl (C=O) groups excluding carboxylic acids is 5. The van der Waals surface area contributed by atoms with E-state index in [1.807, 2.05) is 0 Å². The maximum absolute atomic E-state index is 10.1. The molecule has 0 radical (unpaired) electrons. The predicted molar refractivity (Wildman–Crippen MR) is 51.5 cm³/mol. The zero-order valence-electron chi connectivity index (χ0n) is 10.2. The molecule has 0 heterocycles. The van der Waals surface area contributed by atoms with Crippen molar-refractivity contribution in [3.05, 3.63) is 0 Å². The number of Topliss-reactive ketones (excluding diaryl/α,β-unsaturated/α-hetero) is 1. The Labute approximate surface area is 112 Å². The maximum atomic E-state index is 10.1. The summed E-state index contributed by atoms with van der Waals surface area (Å²) in [7, 11) is 0. The minimum atomic E-state index is -1.86. The lowest BCUT2D eigenvalue weighted by Crippen LogP contribution is -2.42. The van der Waals surface area contributed by atoms with E-state index < -0.39 is 48.5 Å². The summed E-state index contributed by atoms with van der Waals surface area (Å²) in [5.74, 6) is -7.28. The van der Waals surface area contributed by atoms with E-state index in [2.05, 4.69) is 0 Å². The van der Waals surface area contributed by atoms with Crippen LogP contribution in [-0.4, -0.2) is 35.7 Å². The van der Waals surface area contributed by atoms with Crippen molar-refractivity contribution in [2.24, 2.45) is 5.73 Å². The Morgan fingerprint density at radius 3 is 1.55 bits per heavy atom. The van der Waals surface area contributed by atoms with Crippen molar-refractivity contribution in [3.63, 3.8) is 0 Å². The fourth-order valence-electron chi connectivity index (χ4n) is 0.709. The van der Waals surface area contributed by atoms with Crippen LogP contribution in [0.25, 0.3) is 0 Å². The smallest absolute Gasteiger partial charge is 0.178 e. The largest absolute Gasteiger partial charge is 0.550 e. The number of aliphatic carboxylic acids is 4. The third-order valence-electron chi connectivity index (χ3n) is 1.75. The Morgan fingerprint density at radius 2 is 1.25 bits per heavy atom. The number of nitrogens with two attached hydrogens (primary N) is 1. The van der Waals surface area contributed by atoms with Gasteiger partial charge < -0.3 is 45.3 Å². The normalized spacial score (nSPS) is 10.7. The van der Waals surface area contributed by atoms with E-state index in [4.69, 9.17) is 5.73 Å². The van der Waals surface area contributed by atoms with Gasteiger partial charge in [-0.3, -0.25) is 4.79 Å². The lowest BCUT2D eigenvalue weighted by Gasteiger charge is -2.11. The highest BCUT2D eigenvalue weighted by Gasteiger charge is 2.01. The van der Waals surface area contributed by atoms with E-state index in [1.165, 1.54) is 0 Å². The zero-order valence-corrected chi connectivity index (χ0v) is 10.2. The highest BCUT2D eigenvalue weighted by molar-refractivity contribution is 6.31. The van der Waals surface area contributed by atoms with E-state index >= 15 is 0 Å². The van der Waals surface area contributed by atoms with Gasteiger partial charge in [-0.15, -0.1) is 0 Å². The van der Waals surface area contributed by atoms with Crippen LogP contribution >= 0.6 is 0 Å². The number of rotatable bonds is 8. The molecule has 2 N–H and O–H groups in total. The second-order valence-corrected chi connectivity index (χ2v) is 3.42. The molecule has 0 saturated heterocycles. The van der Waals surface area contributed by atoms with Gasteiger partial charge in [0.15, 0.2) is 5.78 Å². The van der Waals surface area contributed by atoms with Gasteiger partial charge in [-0.2, -0.15) is 0 Å². The minimum absolute atomic E-state index is 0.148. The lowest BCUT2D eigenvalue weighted by atomic mass is 10.2. The summed E-state index contributed by atoms with van der Waals surface area (Å²) in [6.07, 6.45) is -1.64. The van der Waals surface area contributed by atoms with Crippen LogP contribution in [0.5, 0.6) is 0 Å². The predicted octanol–water partition coefficient (Wildman–Crippen LogP) is -6.57. The van der Waals surface area contributed by atoms with Crippen LogP contribution in [0.1, 0.15) is 25.7 Å². The van der Waals surface area contributed by atoms with Crippen LogP contribution in [0.15, 0.2) is 0 Å². The summed E-state index contributed by atoms with van der Waals surface area (Å²) in [5.41, 5.74) is 4.91. The molecule has 1 unspecified atom stereocenters. The molecule has 1 atom stereocenters. The molecule has 0 aromatic heterocycles. The summed E-state index contributed by atoms with van der Waals surface area (Å²) < 4.78 is 0. The molecule has 0 amide bonds. The van der Waals surface area contributed by atoms with E-state index in [1.54, 1.807) is 0 Å². The van der Waals surface area contributed by atoms with Gasteiger partial charge in [0.25, 0.3) is 0 Å². The number of ketones is 1. The van der Waals surface area contributed by atoms with Crippen molar-refractivity contribution < 1.29 is 44.4 Å². The quantitative estimate of drug-likeness (QED) is 0.418. The van der Waals surface area contributed by atoms with Gasteiger partial charge >= 0.3 is 0 Å². The van der Waals surface area contributed by atoms with Crippen LogP contribution in [0.2, 0.25) is 0 Å². The second kappa shape index (κ2) is 10.4. The average molecular weight is 289 g/mol. The van der Waals surface area contributed by atoms with E-state index in [0.717, 1.165) is 0 Å². The van der Waals surface area contributed by atoms with Crippen LogP contribution in [-0.2, 0) is 24.0 Å². The second-order valence-electron chi connectivity index (χ2n) is 3.42.